The molecular weight excluding hydrogens is 228 g/mol. The summed E-state index contributed by atoms with van der Waals surface area (Å²) in [6, 6.07) is 0. The van der Waals surface area contributed by atoms with Crippen LogP contribution >= 0.6 is 0 Å². The Morgan fingerprint density at radius 1 is 1.38 bits per heavy atom. The van der Waals surface area contributed by atoms with Gasteiger partial charge in [0.1, 0.15) is 0 Å². The SMILES string of the molecule is Cn1ncc(B(O)O)[c]1[Ge]([CH3])([CH3])[CH3]. The van der Waals surface area contributed by atoms with E-state index in [-0.39, 0.29) is 0 Å². The molecule has 0 unspecified atom stereocenters. The van der Waals surface area contributed by atoms with Crippen LogP contribution in [0.25, 0.3) is 0 Å². The molecule has 0 aromatic carbocycles. The van der Waals surface area contributed by atoms with Crippen molar-refractivity contribution in [1.82, 2.24) is 9.78 Å². The number of hydrogen-bond donors (Lipinski definition) is 2. The monoisotopic (exact) mass is 244 g/mol. The Bertz CT molecular complexity index is 306. The van der Waals surface area contributed by atoms with Gasteiger partial charge in [0.15, 0.2) is 0 Å². The minimum atomic E-state index is -2.05. The quantitative estimate of drug-likeness (QED) is 0.631. The van der Waals surface area contributed by atoms with Crippen molar-refractivity contribution in [3.8, 4) is 0 Å². The van der Waals surface area contributed by atoms with Crippen LogP contribution in [0.4, 0.5) is 0 Å². The molecule has 1 aromatic heterocycles. The molecule has 72 valence electrons. The van der Waals surface area contributed by atoms with Crippen molar-refractivity contribution in [2.45, 2.75) is 17.3 Å². The average molecular weight is 243 g/mol. The van der Waals surface area contributed by atoms with Gasteiger partial charge >= 0.3 is 80.7 Å². The van der Waals surface area contributed by atoms with E-state index in [4.69, 9.17) is 10.0 Å². The van der Waals surface area contributed by atoms with Gasteiger partial charge in [-0.15, -0.1) is 0 Å². The van der Waals surface area contributed by atoms with E-state index in [1.165, 1.54) is 6.20 Å². The zero-order valence-corrected chi connectivity index (χ0v) is 10.5. The molecule has 0 fully saturated rings. The summed E-state index contributed by atoms with van der Waals surface area (Å²) >= 11 is -2.05. The van der Waals surface area contributed by atoms with Crippen LogP contribution in [0.3, 0.4) is 0 Å². The van der Waals surface area contributed by atoms with E-state index >= 15 is 0 Å². The number of rotatable bonds is 2. The maximum absolute atomic E-state index is 9.11. The van der Waals surface area contributed by atoms with Gasteiger partial charge in [0.05, 0.1) is 0 Å². The normalized spacial score (nSPS) is 11.8. The third-order valence-corrected chi connectivity index (χ3v) is 6.22. The Hall–Kier alpha value is -0.262. The van der Waals surface area contributed by atoms with Gasteiger partial charge in [0.25, 0.3) is 0 Å². The topological polar surface area (TPSA) is 58.3 Å². The summed E-state index contributed by atoms with van der Waals surface area (Å²) in [6.07, 6.45) is 1.54. The minimum absolute atomic E-state index is 0.565. The van der Waals surface area contributed by atoms with Crippen molar-refractivity contribution in [2.75, 3.05) is 0 Å². The Morgan fingerprint density at radius 3 is 2.23 bits per heavy atom. The van der Waals surface area contributed by atoms with Gasteiger partial charge in [-0.25, -0.2) is 0 Å². The van der Waals surface area contributed by atoms with Crippen LogP contribution in [0, 0.1) is 0 Å². The van der Waals surface area contributed by atoms with Gasteiger partial charge in [-0.3, -0.25) is 0 Å². The van der Waals surface area contributed by atoms with Gasteiger partial charge in [-0.1, -0.05) is 0 Å². The summed E-state index contributed by atoms with van der Waals surface area (Å²) in [7, 11) is 0.450. The molecule has 1 heterocycles. The van der Waals surface area contributed by atoms with Crippen LogP contribution in [-0.4, -0.2) is 40.2 Å². The van der Waals surface area contributed by atoms with E-state index in [0.29, 0.717) is 5.46 Å². The first-order chi connectivity index (χ1) is 5.84. The van der Waals surface area contributed by atoms with E-state index in [1.807, 2.05) is 7.05 Å². The Labute approximate surface area is 81.1 Å². The van der Waals surface area contributed by atoms with E-state index in [0.717, 1.165) is 4.53 Å². The van der Waals surface area contributed by atoms with Crippen LogP contribution in [-0.2, 0) is 7.05 Å². The molecule has 0 aliphatic heterocycles. The molecule has 1 rings (SSSR count). The van der Waals surface area contributed by atoms with Crippen LogP contribution in [0.5, 0.6) is 0 Å². The fraction of sp³-hybridized carbons (Fsp3) is 0.571. The maximum atomic E-state index is 9.11. The second-order valence-corrected chi connectivity index (χ2v) is 14.6. The van der Waals surface area contributed by atoms with E-state index in [9.17, 15) is 0 Å². The first kappa shape index (κ1) is 10.8. The molecule has 4 nitrogen and oxygen atoms in total. The molecule has 0 bridgehead atoms. The van der Waals surface area contributed by atoms with E-state index < -0.39 is 20.4 Å². The summed E-state index contributed by atoms with van der Waals surface area (Å²) in [6.45, 7) is 0. The third-order valence-electron chi connectivity index (χ3n) is 1.96. The zero-order valence-electron chi connectivity index (χ0n) is 8.44. The molecule has 0 spiro atoms. The summed E-state index contributed by atoms with van der Waals surface area (Å²) in [5.41, 5.74) is 0.565. The number of hydrogen-bond acceptors (Lipinski definition) is 3. The van der Waals surface area contributed by atoms with Gasteiger partial charge in [0, 0.05) is 0 Å². The fourth-order valence-electron chi connectivity index (χ4n) is 1.56. The van der Waals surface area contributed by atoms with Crippen molar-refractivity contribution in [1.29, 1.82) is 0 Å². The number of aryl methyl sites for hydroxylation is 1. The molecular formula is C7H15BGeN2O2. The second-order valence-electron chi connectivity index (χ2n) is 4.20. The fourth-order valence-corrected chi connectivity index (χ4v) is 5.94. The molecule has 0 amide bonds. The number of aromatic nitrogens is 2. The molecule has 1 aromatic rings. The van der Waals surface area contributed by atoms with Crippen LogP contribution in [0.2, 0.25) is 17.3 Å². The predicted octanol–water partition coefficient (Wildman–Crippen LogP) is -1.35. The van der Waals surface area contributed by atoms with Crippen LogP contribution < -0.4 is 9.99 Å². The number of nitrogens with zero attached hydrogens (tertiary/aromatic N) is 2. The molecule has 0 saturated heterocycles. The molecule has 0 radical (unpaired) electrons. The Balaban J connectivity index is 3.25. The summed E-state index contributed by atoms with van der Waals surface area (Å²) < 4.78 is 2.80. The summed E-state index contributed by atoms with van der Waals surface area (Å²) in [4.78, 5) is 0. The predicted molar refractivity (Wildman–Crippen MR) is 56.0 cm³/mol. The summed E-state index contributed by atoms with van der Waals surface area (Å²) in [5.74, 6) is 6.59. The van der Waals surface area contributed by atoms with E-state index in [2.05, 4.69) is 22.4 Å². The summed E-state index contributed by atoms with van der Waals surface area (Å²) in [5, 5.41) is 22.3. The van der Waals surface area contributed by atoms with Gasteiger partial charge < -0.3 is 0 Å². The van der Waals surface area contributed by atoms with Crippen molar-refractivity contribution in [2.24, 2.45) is 7.05 Å². The Morgan fingerprint density at radius 2 is 1.92 bits per heavy atom. The molecule has 6 heteroatoms. The van der Waals surface area contributed by atoms with Gasteiger partial charge in [-0.05, 0) is 0 Å². The van der Waals surface area contributed by atoms with Crippen molar-refractivity contribution < 1.29 is 10.0 Å². The molecule has 13 heavy (non-hydrogen) atoms. The van der Waals surface area contributed by atoms with Crippen LogP contribution in [0.15, 0.2) is 6.20 Å². The van der Waals surface area contributed by atoms with Gasteiger partial charge in [0.2, 0.25) is 0 Å². The average Bonchev–Trinajstić information content (AvgIpc) is 2.28. The molecule has 0 saturated carbocycles. The van der Waals surface area contributed by atoms with Crippen molar-refractivity contribution >= 4 is 30.4 Å². The Kier molecular flexibility index (Phi) is 2.89. The standard InChI is InChI=1S/C7H15BGeN2O2/c1-9(2,3)7-6(8(12)13)5-10-11(7)4/h5,12-13H,1-4H3. The van der Waals surface area contributed by atoms with Gasteiger partial charge in [-0.2, -0.15) is 0 Å². The molecule has 2 N–H and O–H groups in total. The molecule has 0 aliphatic carbocycles. The zero-order chi connectivity index (χ0) is 10.2. The van der Waals surface area contributed by atoms with E-state index in [1.54, 1.807) is 4.68 Å². The molecule has 0 atom stereocenters. The van der Waals surface area contributed by atoms with Crippen LogP contribution in [0.1, 0.15) is 0 Å². The third kappa shape index (κ3) is 2.15. The second kappa shape index (κ2) is 3.47. The first-order valence-electron chi connectivity index (χ1n) is 4.22. The first-order valence-corrected chi connectivity index (χ1v) is 11.6. The molecule has 0 aliphatic rings. The van der Waals surface area contributed by atoms with Crippen molar-refractivity contribution in [3.05, 3.63) is 6.20 Å². The van der Waals surface area contributed by atoms with Crippen molar-refractivity contribution in [3.63, 3.8) is 0 Å².